The molecule has 2 aromatic carbocycles. The van der Waals surface area contributed by atoms with E-state index >= 15 is 0 Å². The average Bonchev–Trinajstić information content (AvgIpc) is 2.64. The van der Waals surface area contributed by atoms with Crippen LogP contribution in [0.5, 0.6) is 0 Å². The van der Waals surface area contributed by atoms with Crippen LogP contribution in [0.4, 0.5) is 5.69 Å². The van der Waals surface area contributed by atoms with Gasteiger partial charge in [0.15, 0.2) is 0 Å². The Morgan fingerprint density at radius 1 is 0.958 bits per heavy atom. The molecule has 1 unspecified atom stereocenters. The monoisotopic (exact) mass is 322 g/mol. The van der Waals surface area contributed by atoms with Crippen LogP contribution in [0.15, 0.2) is 73.3 Å². The van der Waals surface area contributed by atoms with Gasteiger partial charge in [-0.25, -0.2) is 0 Å². The van der Waals surface area contributed by atoms with Gasteiger partial charge in [-0.15, -0.1) is 6.58 Å². The molecule has 0 bridgehead atoms. The van der Waals surface area contributed by atoms with Crippen LogP contribution in [0.2, 0.25) is 0 Å². The first kappa shape index (κ1) is 19.9. The zero-order chi connectivity index (χ0) is 17.8. The average molecular weight is 323 g/mol. The zero-order valence-electron chi connectivity index (χ0n) is 15.6. The Bertz CT molecular complexity index is 627. The molecule has 0 radical (unpaired) electrons. The van der Waals surface area contributed by atoms with Gasteiger partial charge in [-0.05, 0) is 24.5 Å². The lowest BCUT2D eigenvalue weighted by molar-refractivity contribution is -0.540. The molecule has 1 nitrogen and oxygen atoms in total. The fourth-order valence-corrected chi connectivity index (χ4v) is 2.94. The molecule has 0 aliphatic heterocycles. The molecule has 0 aromatic heterocycles. The summed E-state index contributed by atoms with van der Waals surface area (Å²) in [5.74, 6) is 0. The molecule has 0 spiro atoms. The fraction of sp³-hybridized carbons (Fsp3) is 0.304. The van der Waals surface area contributed by atoms with Crippen molar-refractivity contribution in [2.75, 3.05) is 7.05 Å². The Labute approximate surface area is 148 Å². The summed E-state index contributed by atoms with van der Waals surface area (Å²) in [6, 6.07) is 19.1. The summed E-state index contributed by atoms with van der Waals surface area (Å²) in [6.45, 7) is 10.3. The second-order valence-corrected chi connectivity index (χ2v) is 5.95. The van der Waals surface area contributed by atoms with Gasteiger partial charge >= 0.3 is 0 Å². The molecule has 0 fully saturated rings. The Kier molecular flexibility index (Phi) is 8.81. The minimum Gasteiger partial charge on any atom is -0.316 e. The van der Waals surface area contributed by atoms with Gasteiger partial charge in [-0.1, -0.05) is 87.5 Å². The van der Waals surface area contributed by atoms with Gasteiger partial charge in [0.1, 0.15) is 5.69 Å². The number of para-hydroxylation sites is 1. The summed E-state index contributed by atoms with van der Waals surface area (Å²) in [7, 11) is 2.10. The summed E-state index contributed by atoms with van der Waals surface area (Å²) < 4.78 is 0. The van der Waals surface area contributed by atoms with E-state index in [0.717, 1.165) is 12.8 Å². The second-order valence-electron chi connectivity index (χ2n) is 5.95. The molecule has 0 aliphatic carbocycles. The molecule has 0 aliphatic rings. The lowest BCUT2D eigenvalue weighted by Gasteiger charge is -2.28. The molecular formula is C23H32N+. The van der Waals surface area contributed by atoms with Gasteiger partial charge in [0.2, 0.25) is 0 Å². The molecule has 1 heteroatoms. The first-order valence-corrected chi connectivity index (χ1v) is 8.91. The molecule has 0 amide bonds. The Balaban J connectivity index is 0.00000139. The molecule has 1 atom stereocenters. The van der Waals surface area contributed by atoms with E-state index < -0.39 is 0 Å². The maximum atomic E-state index is 3.96. The van der Waals surface area contributed by atoms with E-state index in [4.69, 9.17) is 0 Å². The highest BCUT2D eigenvalue weighted by molar-refractivity contribution is 5.50. The van der Waals surface area contributed by atoms with Crippen LogP contribution in [0.25, 0.3) is 6.08 Å². The highest BCUT2D eigenvalue weighted by Crippen LogP contribution is 2.35. The van der Waals surface area contributed by atoms with E-state index in [1.807, 2.05) is 26.0 Å². The number of rotatable bonds is 7. The first-order valence-electron chi connectivity index (χ1n) is 8.91. The smallest absolute Gasteiger partial charge is 0.133 e. The Morgan fingerprint density at radius 3 is 2.21 bits per heavy atom. The third kappa shape index (κ3) is 5.50. The van der Waals surface area contributed by atoms with Gasteiger partial charge < -0.3 is 5.32 Å². The van der Waals surface area contributed by atoms with Crippen molar-refractivity contribution in [2.24, 2.45) is 0 Å². The number of allylic oxidation sites excluding steroid dienone is 2. The van der Waals surface area contributed by atoms with E-state index in [9.17, 15) is 0 Å². The van der Waals surface area contributed by atoms with Crippen molar-refractivity contribution in [1.82, 2.24) is 0 Å². The van der Waals surface area contributed by atoms with Crippen LogP contribution in [0, 0.1) is 0 Å². The lowest BCUT2D eigenvalue weighted by atomic mass is 9.75. The topological polar surface area (TPSA) is 16.6 Å². The third-order valence-corrected chi connectivity index (χ3v) is 4.20. The summed E-state index contributed by atoms with van der Waals surface area (Å²) in [6.07, 6.45) is 8.49. The van der Waals surface area contributed by atoms with E-state index in [2.05, 4.69) is 86.6 Å². The maximum absolute atomic E-state index is 3.96. The van der Waals surface area contributed by atoms with Gasteiger partial charge in [0, 0.05) is 11.0 Å². The molecule has 24 heavy (non-hydrogen) atoms. The molecule has 0 heterocycles. The Morgan fingerprint density at radius 2 is 1.58 bits per heavy atom. The van der Waals surface area contributed by atoms with Crippen LogP contribution in [-0.4, -0.2) is 7.05 Å². The molecule has 2 aromatic rings. The Hall–Kier alpha value is -2.12. The zero-order valence-corrected chi connectivity index (χ0v) is 15.6. The normalized spacial score (nSPS) is 13.0. The van der Waals surface area contributed by atoms with Gasteiger partial charge in [0.25, 0.3) is 0 Å². The van der Waals surface area contributed by atoms with Crippen LogP contribution in [-0.2, 0) is 5.41 Å². The molecule has 2 N–H and O–H groups in total. The number of benzene rings is 2. The molecular weight excluding hydrogens is 290 g/mol. The van der Waals surface area contributed by atoms with Crippen LogP contribution in [0.1, 0.15) is 44.7 Å². The molecule has 0 saturated carbocycles. The van der Waals surface area contributed by atoms with Crippen molar-refractivity contribution < 1.29 is 5.32 Å². The predicted molar refractivity (Wildman–Crippen MR) is 108 cm³/mol. The minimum absolute atomic E-state index is 0.0795. The number of hydrogen-bond donors (Lipinski definition) is 1. The number of quaternary nitrogens is 1. The summed E-state index contributed by atoms with van der Waals surface area (Å²) >= 11 is 0. The van der Waals surface area contributed by atoms with E-state index in [-0.39, 0.29) is 5.41 Å². The number of hydrogen-bond acceptors (Lipinski definition) is 0. The van der Waals surface area contributed by atoms with Gasteiger partial charge in [0.05, 0.1) is 7.05 Å². The van der Waals surface area contributed by atoms with Gasteiger partial charge in [-0.2, -0.15) is 0 Å². The van der Waals surface area contributed by atoms with Crippen molar-refractivity contribution in [3.63, 3.8) is 0 Å². The lowest BCUT2D eigenvalue weighted by Crippen LogP contribution is -2.73. The van der Waals surface area contributed by atoms with Crippen molar-refractivity contribution in [1.29, 1.82) is 0 Å². The van der Waals surface area contributed by atoms with Gasteiger partial charge in [-0.3, -0.25) is 0 Å². The highest BCUT2D eigenvalue weighted by Gasteiger charge is 2.27. The standard InChI is InChI=1S/C21H25N.C2H6/c1-4-16-21(2,19-14-8-9-15-20(19)22-3)17-10-13-18-11-6-5-7-12-18;1-2/h4-15,22H,1,16-17H2,2-3H3;1-2H3/p+1/b13-10+;. The maximum Gasteiger partial charge on any atom is 0.133 e. The van der Waals surface area contributed by atoms with E-state index in [0.29, 0.717) is 0 Å². The quantitative estimate of drug-likeness (QED) is 0.514. The van der Waals surface area contributed by atoms with Crippen molar-refractivity contribution in [3.05, 3.63) is 84.5 Å². The molecule has 0 saturated heterocycles. The van der Waals surface area contributed by atoms with E-state index in [1.165, 1.54) is 16.8 Å². The van der Waals surface area contributed by atoms with Crippen molar-refractivity contribution >= 4 is 11.8 Å². The van der Waals surface area contributed by atoms with Crippen LogP contribution >= 0.6 is 0 Å². The minimum atomic E-state index is 0.0795. The van der Waals surface area contributed by atoms with Crippen molar-refractivity contribution in [2.45, 2.75) is 39.0 Å². The largest absolute Gasteiger partial charge is 0.316 e. The van der Waals surface area contributed by atoms with Crippen LogP contribution in [0.3, 0.4) is 0 Å². The molecule has 128 valence electrons. The SMILES string of the molecule is C=CCC(C)(C/C=C/c1ccccc1)c1ccccc1[NH2+]C.CC. The summed E-state index contributed by atoms with van der Waals surface area (Å²) in [5.41, 5.74) is 4.05. The van der Waals surface area contributed by atoms with Crippen LogP contribution < -0.4 is 5.32 Å². The second kappa shape index (κ2) is 10.6. The fourth-order valence-electron chi connectivity index (χ4n) is 2.94. The summed E-state index contributed by atoms with van der Waals surface area (Å²) in [5, 5.41) is 2.19. The first-order chi connectivity index (χ1) is 11.7. The molecule has 2 rings (SSSR count). The van der Waals surface area contributed by atoms with Crippen molar-refractivity contribution in [3.8, 4) is 0 Å². The highest BCUT2D eigenvalue weighted by atomic mass is 14.8. The van der Waals surface area contributed by atoms with E-state index in [1.54, 1.807) is 0 Å². The third-order valence-electron chi connectivity index (χ3n) is 4.20. The summed E-state index contributed by atoms with van der Waals surface area (Å²) in [4.78, 5) is 0. The number of nitrogens with two attached hydrogens (primary N) is 1. The predicted octanol–water partition coefficient (Wildman–Crippen LogP) is 5.47.